The van der Waals surface area contributed by atoms with Gasteiger partial charge in [0.15, 0.2) is 0 Å². The first-order valence-electron chi connectivity index (χ1n) is 7.61. The van der Waals surface area contributed by atoms with Crippen LogP contribution in [0.2, 0.25) is 0 Å². The molecule has 0 aliphatic heterocycles. The summed E-state index contributed by atoms with van der Waals surface area (Å²) in [4.78, 5) is 12.5. The van der Waals surface area contributed by atoms with Crippen molar-refractivity contribution in [2.75, 3.05) is 6.61 Å². The Balaban J connectivity index is 2.21. The van der Waals surface area contributed by atoms with E-state index in [1.807, 2.05) is 57.2 Å². The molecule has 22 heavy (non-hydrogen) atoms. The molecule has 1 aromatic carbocycles. The van der Waals surface area contributed by atoms with E-state index in [1.54, 1.807) is 4.68 Å². The Morgan fingerprint density at radius 3 is 2.55 bits per heavy atom. The van der Waals surface area contributed by atoms with Crippen LogP contribution in [-0.2, 0) is 6.54 Å². The molecule has 0 fully saturated rings. The summed E-state index contributed by atoms with van der Waals surface area (Å²) in [6.45, 7) is 6.53. The third-order valence-corrected chi connectivity index (χ3v) is 3.61. The number of amides is 1. The first kappa shape index (κ1) is 16.2. The molecule has 1 aromatic heterocycles. The molecule has 0 unspecified atom stereocenters. The number of aliphatic hydroxyl groups excluding tert-OH is 1. The number of nitrogens with zero attached hydrogens (tertiary/aromatic N) is 2. The van der Waals surface area contributed by atoms with Crippen LogP contribution in [0.4, 0.5) is 0 Å². The lowest BCUT2D eigenvalue weighted by Crippen LogP contribution is -2.32. The zero-order valence-electron chi connectivity index (χ0n) is 13.3. The van der Waals surface area contributed by atoms with Crippen LogP contribution in [0.25, 0.3) is 0 Å². The molecule has 118 valence electrons. The molecule has 5 nitrogen and oxygen atoms in total. The van der Waals surface area contributed by atoms with E-state index in [0.717, 1.165) is 11.3 Å². The van der Waals surface area contributed by atoms with Crippen molar-refractivity contribution in [3.8, 4) is 0 Å². The summed E-state index contributed by atoms with van der Waals surface area (Å²) in [5.41, 5.74) is 2.30. The highest BCUT2D eigenvalue weighted by molar-refractivity contribution is 5.93. The maximum absolute atomic E-state index is 12.5. The third kappa shape index (κ3) is 3.54. The Morgan fingerprint density at radius 1 is 1.32 bits per heavy atom. The van der Waals surface area contributed by atoms with Crippen molar-refractivity contribution in [3.63, 3.8) is 0 Å². The van der Waals surface area contributed by atoms with Crippen molar-refractivity contribution in [1.82, 2.24) is 15.1 Å². The van der Waals surface area contributed by atoms with E-state index in [-0.39, 0.29) is 18.4 Å². The minimum absolute atomic E-state index is 0.146. The number of rotatable bonds is 6. The predicted molar refractivity (Wildman–Crippen MR) is 85.7 cm³/mol. The van der Waals surface area contributed by atoms with Crippen molar-refractivity contribution in [3.05, 3.63) is 53.3 Å². The first-order valence-corrected chi connectivity index (χ1v) is 7.61. The highest BCUT2D eigenvalue weighted by Crippen LogP contribution is 2.17. The van der Waals surface area contributed by atoms with Gasteiger partial charge in [-0.05, 0) is 24.5 Å². The molecule has 2 N–H and O–H groups in total. The van der Waals surface area contributed by atoms with Gasteiger partial charge in [-0.2, -0.15) is 5.10 Å². The van der Waals surface area contributed by atoms with Crippen LogP contribution in [0, 0.1) is 0 Å². The Kier molecular flexibility index (Phi) is 5.33. The standard InChI is InChI=1S/C17H23N3O2/c1-4-20-16(10-14(19-20)12(2)3)17(22)18-15(11-21)13-8-6-5-7-9-13/h5-10,12,15,21H,4,11H2,1-3H3,(H,18,22)/t15-/m1/s1. The number of hydrogen-bond acceptors (Lipinski definition) is 3. The van der Waals surface area contributed by atoms with Gasteiger partial charge in [-0.3, -0.25) is 9.48 Å². The first-order chi connectivity index (χ1) is 10.6. The van der Waals surface area contributed by atoms with Gasteiger partial charge in [-0.1, -0.05) is 44.2 Å². The Bertz CT molecular complexity index is 620. The van der Waals surface area contributed by atoms with Gasteiger partial charge in [0.25, 0.3) is 5.91 Å². The van der Waals surface area contributed by atoms with Gasteiger partial charge >= 0.3 is 0 Å². The van der Waals surface area contributed by atoms with E-state index in [9.17, 15) is 9.90 Å². The van der Waals surface area contributed by atoms with E-state index in [0.29, 0.717) is 12.2 Å². The number of benzene rings is 1. The number of aromatic nitrogens is 2. The van der Waals surface area contributed by atoms with Crippen LogP contribution in [0.5, 0.6) is 0 Å². The van der Waals surface area contributed by atoms with Gasteiger partial charge in [0.2, 0.25) is 0 Å². The predicted octanol–water partition coefficient (Wildman–Crippen LogP) is 2.49. The molecule has 0 bridgehead atoms. The molecule has 2 rings (SSSR count). The van der Waals surface area contributed by atoms with Crippen molar-refractivity contribution in [2.24, 2.45) is 0 Å². The molecule has 2 aromatic rings. The average molecular weight is 301 g/mol. The smallest absolute Gasteiger partial charge is 0.270 e. The molecule has 1 atom stereocenters. The largest absolute Gasteiger partial charge is 0.394 e. The quantitative estimate of drug-likeness (QED) is 0.861. The van der Waals surface area contributed by atoms with Crippen LogP contribution < -0.4 is 5.32 Å². The van der Waals surface area contributed by atoms with Crippen molar-refractivity contribution in [2.45, 2.75) is 39.3 Å². The molecular formula is C17H23N3O2. The number of nitrogens with one attached hydrogen (secondary N) is 1. The minimum atomic E-state index is -0.420. The summed E-state index contributed by atoms with van der Waals surface area (Å²) in [5.74, 6) is 0.0475. The molecular weight excluding hydrogens is 278 g/mol. The van der Waals surface area contributed by atoms with E-state index in [4.69, 9.17) is 0 Å². The van der Waals surface area contributed by atoms with Crippen LogP contribution in [0.3, 0.4) is 0 Å². The van der Waals surface area contributed by atoms with Gasteiger partial charge in [0.1, 0.15) is 5.69 Å². The van der Waals surface area contributed by atoms with Crippen LogP contribution in [-0.4, -0.2) is 27.4 Å². The van der Waals surface area contributed by atoms with E-state index in [1.165, 1.54) is 0 Å². The Morgan fingerprint density at radius 2 is 2.00 bits per heavy atom. The fourth-order valence-corrected chi connectivity index (χ4v) is 2.29. The molecule has 0 spiro atoms. The topological polar surface area (TPSA) is 67.2 Å². The van der Waals surface area contributed by atoms with Crippen LogP contribution in [0.1, 0.15) is 54.5 Å². The Hall–Kier alpha value is -2.14. The summed E-state index contributed by atoms with van der Waals surface area (Å²) in [6, 6.07) is 10.9. The zero-order chi connectivity index (χ0) is 16.1. The molecule has 0 radical (unpaired) electrons. The zero-order valence-corrected chi connectivity index (χ0v) is 13.3. The highest BCUT2D eigenvalue weighted by Gasteiger charge is 2.19. The van der Waals surface area contributed by atoms with Gasteiger partial charge < -0.3 is 10.4 Å². The van der Waals surface area contributed by atoms with Crippen LogP contribution in [0.15, 0.2) is 36.4 Å². The number of aryl methyl sites for hydroxylation is 1. The van der Waals surface area contributed by atoms with Crippen molar-refractivity contribution in [1.29, 1.82) is 0 Å². The van der Waals surface area contributed by atoms with Crippen molar-refractivity contribution < 1.29 is 9.90 Å². The fraction of sp³-hybridized carbons (Fsp3) is 0.412. The lowest BCUT2D eigenvalue weighted by molar-refractivity contribution is 0.0905. The second kappa shape index (κ2) is 7.22. The maximum atomic E-state index is 12.5. The molecule has 1 amide bonds. The van der Waals surface area contributed by atoms with Gasteiger partial charge in [-0.15, -0.1) is 0 Å². The number of hydrogen-bond donors (Lipinski definition) is 2. The van der Waals surface area contributed by atoms with E-state index in [2.05, 4.69) is 10.4 Å². The molecule has 1 heterocycles. The van der Waals surface area contributed by atoms with Gasteiger partial charge in [0, 0.05) is 6.54 Å². The van der Waals surface area contributed by atoms with Crippen molar-refractivity contribution >= 4 is 5.91 Å². The molecule has 0 aliphatic rings. The van der Waals surface area contributed by atoms with E-state index < -0.39 is 6.04 Å². The normalized spacial score (nSPS) is 12.4. The second-order valence-corrected chi connectivity index (χ2v) is 5.54. The number of aliphatic hydroxyl groups is 1. The molecule has 5 heteroatoms. The highest BCUT2D eigenvalue weighted by atomic mass is 16.3. The molecule has 0 saturated heterocycles. The summed E-state index contributed by atoms with van der Waals surface area (Å²) in [5, 5.41) is 16.9. The van der Waals surface area contributed by atoms with Gasteiger partial charge in [0.05, 0.1) is 18.3 Å². The van der Waals surface area contributed by atoms with Gasteiger partial charge in [-0.25, -0.2) is 0 Å². The Labute approximate surface area is 131 Å². The third-order valence-electron chi connectivity index (χ3n) is 3.61. The summed E-state index contributed by atoms with van der Waals surface area (Å²) in [7, 11) is 0. The lowest BCUT2D eigenvalue weighted by atomic mass is 10.1. The second-order valence-electron chi connectivity index (χ2n) is 5.54. The van der Waals surface area contributed by atoms with E-state index >= 15 is 0 Å². The minimum Gasteiger partial charge on any atom is -0.394 e. The number of carbonyl (C=O) groups is 1. The number of carbonyl (C=O) groups excluding carboxylic acids is 1. The summed E-state index contributed by atoms with van der Waals surface area (Å²) in [6.07, 6.45) is 0. The monoisotopic (exact) mass is 301 g/mol. The SMILES string of the molecule is CCn1nc(C(C)C)cc1C(=O)N[C@H](CO)c1ccccc1. The maximum Gasteiger partial charge on any atom is 0.270 e. The lowest BCUT2D eigenvalue weighted by Gasteiger charge is -2.16. The average Bonchev–Trinajstić information content (AvgIpc) is 2.98. The molecule has 0 saturated carbocycles. The summed E-state index contributed by atoms with van der Waals surface area (Å²) >= 11 is 0. The fourth-order valence-electron chi connectivity index (χ4n) is 2.29. The van der Waals surface area contributed by atoms with Crippen LogP contribution >= 0.6 is 0 Å². The molecule has 0 aliphatic carbocycles. The summed E-state index contributed by atoms with van der Waals surface area (Å²) < 4.78 is 1.70.